The molecule has 2 unspecified atom stereocenters. The minimum absolute atomic E-state index is 0.112. The number of carbonyl (C=O) groups is 1. The molecule has 96 valence electrons. The van der Waals surface area contributed by atoms with E-state index in [-0.39, 0.29) is 23.8 Å². The Bertz CT molecular complexity index is 442. The molecule has 4 heteroatoms. The molecule has 0 bridgehead atoms. The van der Waals surface area contributed by atoms with Crippen LogP contribution >= 0.6 is 0 Å². The fourth-order valence-electron chi connectivity index (χ4n) is 2.58. The molecule has 2 aliphatic rings. The van der Waals surface area contributed by atoms with Crippen LogP contribution in [0.2, 0.25) is 0 Å². The molecular weight excluding hydrogens is 231 g/mol. The van der Waals surface area contributed by atoms with Crippen molar-refractivity contribution in [1.82, 2.24) is 10.6 Å². The Morgan fingerprint density at radius 2 is 2.00 bits per heavy atom. The molecule has 3 rings (SSSR count). The van der Waals surface area contributed by atoms with E-state index in [0.29, 0.717) is 18.9 Å². The van der Waals surface area contributed by atoms with E-state index in [1.807, 2.05) is 12.1 Å². The zero-order valence-electron chi connectivity index (χ0n) is 10.2. The average molecular weight is 248 g/mol. The molecule has 0 spiro atoms. The zero-order valence-corrected chi connectivity index (χ0v) is 10.2. The monoisotopic (exact) mass is 248 g/mol. The molecule has 1 aliphatic heterocycles. The smallest absolute Gasteiger partial charge is 0.221 e. The van der Waals surface area contributed by atoms with Gasteiger partial charge in [-0.25, -0.2) is 4.39 Å². The highest BCUT2D eigenvalue weighted by Gasteiger charge is 2.35. The van der Waals surface area contributed by atoms with Crippen LogP contribution in [-0.4, -0.2) is 18.5 Å². The first-order valence-corrected chi connectivity index (χ1v) is 6.50. The number of hydrogen-bond acceptors (Lipinski definition) is 2. The molecule has 18 heavy (non-hydrogen) atoms. The maximum absolute atomic E-state index is 12.9. The lowest BCUT2D eigenvalue weighted by atomic mass is 10.0. The molecule has 2 N–H and O–H groups in total. The Morgan fingerprint density at radius 3 is 2.56 bits per heavy atom. The van der Waals surface area contributed by atoms with E-state index in [1.54, 1.807) is 0 Å². The molecule has 0 radical (unpaired) electrons. The van der Waals surface area contributed by atoms with Crippen molar-refractivity contribution < 1.29 is 9.18 Å². The number of amides is 1. The summed E-state index contributed by atoms with van der Waals surface area (Å²) in [5.74, 6) is 0.540. The van der Waals surface area contributed by atoms with E-state index in [9.17, 15) is 9.18 Å². The van der Waals surface area contributed by atoms with Crippen molar-refractivity contribution in [2.24, 2.45) is 5.92 Å². The van der Waals surface area contributed by atoms with Crippen molar-refractivity contribution >= 4 is 5.91 Å². The number of carbonyl (C=O) groups excluding carboxylic acids is 1. The summed E-state index contributed by atoms with van der Waals surface area (Å²) in [6, 6.07) is 7.15. The second-order valence-electron chi connectivity index (χ2n) is 5.24. The van der Waals surface area contributed by atoms with Crippen LogP contribution < -0.4 is 10.6 Å². The fraction of sp³-hybridized carbons (Fsp3) is 0.500. The molecule has 1 saturated heterocycles. The summed E-state index contributed by atoms with van der Waals surface area (Å²) in [6.07, 6.45) is 2.97. The van der Waals surface area contributed by atoms with Gasteiger partial charge in [0.15, 0.2) is 0 Å². The zero-order chi connectivity index (χ0) is 12.5. The van der Waals surface area contributed by atoms with Crippen molar-refractivity contribution in [2.75, 3.05) is 6.54 Å². The summed E-state index contributed by atoms with van der Waals surface area (Å²) in [4.78, 5) is 11.2. The second kappa shape index (κ2) is 4.69. The Morgan fingerprint density at radius 1 is 1.28 bits per heavy atom. The molecule has 1 saturated carbocycles. The van der Waals surface area contributed by atoms with Crippen LogP contribution in [0.15, 0.2) is 24.3 Å². The Hall–Kier alpha value is -1.42. The standard InChI is InChI=1S/C14H17FN2O/c15-11-5-3-10(4-6-11)14(9-1-2-9)17-12-7-13(18)16-8-12/h3-6,9,12,14,17H,1-2,7-8H2,(H,16,18). The highest BCUT2D eigenvalue weighted by Crippen LogP contribution is 2.41. The van der Waals surface area contributed by atoms with Crippen molar-refractivity contribution in [3.63, 3.8) is 0 Å². The third-order valence-corrected chi connectivity index (χ3v) is 3.72. The third kappa shape index (κ3) is 2.53. The van der Waals surface area contributed by atoms with E-state index in [1.165, 1.54) is 25.0 Å². The topological polar surface area (TPSA) is 41.1 Å². The van der Waals surface area contributed by atoms with Crippen LogP contribution in [0.25, 0.3) is 0 Å². The molecule has 1 aromatic carbocycles. The predicted octanol–water partition coefficient (Wildman–Crippen LogP) is 1.75. The third-order valence-electron chi connectivity index (χ3n) is 3.72. The Kier molecular flexibility index (Phi) is 3.04. The Balaban J connectivity index is 1.72. The van der Waals surface area contributed by atoms with Crippen molar-refractivity contribution in [3.8, 4) is 0 Å². The predicted molar refractivity (Wildman–Crippen MR) is 66.4 cm³/mol. The van der Waals surface area contributed by atoms with Gasteiger partial charge in [0.1, 0.15) is 5.82 Å². The normalized spacial score (nSPS) is 24.9. The van der Waals surface area contributed by atoms with Gasteiger partial charge in [-0.2, -0.15) is 0 Å². The number of nitrogens with one attached hydrogen (secondary N) is 2. The number of halogens is 1. The molecule has 1 amide bonds. The lowest BCUT2D eigenvalue weighted by Gasteiger charge is -2.22. The summed E-state index contributed by atoms with van der Waals surface area (Å²) >= 11 is 0. The number of rotatable bonds is 4. The van der Waals surface area contributed by atoms with E-state index in [0.717, 1.165) is 5.56 Å². The van der Waals surface area contributed by atoms with Crippen LogP contribution in [-0.2, 0) is 4.79 Å². The van der Waals surface area contributed by atoms with Crippen LogP contribution in [0.3, 0.4) is 0 Å². The SMILES string of the molecule is O=C1CC(NC(c2ccc(F)cc2)C2CC2)CN1. The van der Waals surface area contributed by atoms with Crippen molar-refractivity contribution in [3.05, 3.63) is 35.6 Å². The average Bonchev–Trinajstić information content (AvgIpc) is 3.12. The maximum atomic E-state index is 12.9. The lowest BCUT2D eigenvalue weighted by molar-refractivity contribution is -0.119. The van der Waals surface area contributed by atoms with E-state index in [2.05, 4.69) is 10.6 Å². The van der Waals surface area contributed by atoms with Crippen LogP contribution in [0.5, 0.6) is 0 Å². The molecule has 1 heterocycles. The largest absolute Gasteiger partial charge is 0.354 e. The summed E-state index contributed by atoms with van der Waals surface area (Å²) in [5.41, 5.74) is 1.12. The van der Waals surface area contributed by atoms with E-state index >= 15 is 0 Å². The van der Waals surface area contributed by atoms with Gasteiger partial charge < -0.3 is 10.6 Å². The van der Waals surface area contributed by atoms with Gasteiger partial charge in [0.25, 0.3) is 0 Å². The van der Waals surface area contributed by atoms with Gasteiger partial charge in [0.2, 0.25) is 5.91 Å². The van der Waals surface area contributed by atoms with Crippen LogP contribution in [0.1, 0.15) is 30.9 Å². The summed E-state index contributed by atoms with van der Waals surface area (Å²) < 4.78 is 12.9. The fourth-order valence-corrected chi connectivity index (χ4v) is 2.58. The summed E-state index contributed by atoms with van der Waals surface area (Å²) in [7, 11) is 0. The maximum Gasteiger partial charge on any atom is 0.221 e. The first-order chi connectivity index (χ1) is 8.72. The number of hydrogen-bond donors (Lipinski definition) is 2. The van der Waals surface area contributed by atoms with Gasteiger partial charge in [-0.3, -0.25) is 4.79 Å². The first kappa shape index (κ1) is 11.7. The molecule has 0 aromatic heterocycles. The first-order valence-electron chi connectivity index (χ1n) is 6.50. The quantitative estimate of drug-likeness (QED) is 0.852. The summed E-state index contributed by atoms with van der Waals surface area (Å²) in [5, 5.41) is 6.37. The van der Waals surface area contributed by atoms with Crippen molar-refractivity contribution in [2.45, 2.75) is 31.3 Å². The van der Waals surface area contributed by atoms with Gasteiger partial charge in [0.05, 0.1) is 0 Å². The van der Waals surface area contributed by atoms with Crippen LogP contribution in [0, 0.1) is 11.7 Å². The summed E-state index contributed by atoms with van der Waals surface area (Å²) in [6.45, 7) is 0.698. The van der Waals surface area contributed by atoms with Gasteiger partial charge in [-0.05, 0) is 36.5 Å². The molecule has 2 fully saturated rings. The number of benzene rings is 1. The van der Waals surface area contributed by atoms with Gasteiger partial charge >= 0.3 is 0 Å². The minimum atomic E-state index is -0.203. The Labute approximate surface area is 106 Å². The second-order valence-corrected chi connectivity index (χ2v) is 5.24. The molecule has 3 nitrogen and oxygen atoms in total. The molecular formula is C14H17FN2O. The van der Waals surface area contributed by atoms with Gasteiger partial charge in [0, 0.05) is 25.0 Å². The van der Waals surface area contributed by atoms with Crippen LogP contribution in [0.4, 0.5) is 4.39 Å². The molecule has 1 aromatic rings. The molecule has 2 atom stereocenters. The highest BCUT2D eigenvalue weighted by atomic mass is 19.1. The van der Waals surface area contributed by atoms with Gasteiger partial charge in [-0.15, -0.1) is 0 Å². The highest BCUT2D eigenvalue weighted by molar-refractivity contribution is 5.78. The van der Waals surface area contributed by atoms with Crippen molar-refractivity contribution in [1.29, 1.82) is 0 Å². The van der Waals surface area contributed by atoms with Gasteiger partial charge in [-0.1, -0.05) is 12.1 Å². The molecule has 1 aliphatic carbocycles. The van der Waals surface area contributed by atoms with E-state index in [4.69, 9.17) is 0 Å². The van der Waals surface area contributed by atoms with E-state index < -0.39 is 0 Å². The lowest BCUT2D eigenvalue weighted by Crippen LogP contribution is -2.35. The minimum Gasteiger partial charge on any atom is -0.354 e.